The number of rotatable bonds is 1. The molecule has 0 spiro atoms. The zero-order valence-corrected chi connectivity index (χ0v) is 6.22. The third-order valence-electron chi connectivity index (χ3n) is 2.00. The zero-order valence-electron chi connectivity index (χ0n) is 6.22. The van der Waals surface area contributed by atoms with Crippen LogP contribution in [-0.4, -0.2) is 21.1 Å². The summed E-state index contributed by atoms with van der Waals surface area (Å²) in [7, 11) is 0. The van der Waals surface area contributed by atoms with Crippen LogP contribution in [0, 0.1) is 0 Å². The van der Waals surface area contributed by atoms with Gasteiger partial charge in [-0.15, -0.1) is 5.10 Å². The van der Waals surface area contributed by atoms with E-state index in [0.29, 0.717) is 5.82 Å². The highest BCUT2D eigenvalue weighted by molar-refractivity contribution is 5.17. The van der Waals surface area contributed by atoms with Crippen LogP contribution < -0.4 is 5.73 Å². The molecule has 1 heterocycles. The summed E-state index contributed by atoms with van der Waals surface area (Å²) >= 11 is 0. The number of hydrogen-bond acceptors (Lipinski definition) is 3. The Balaban J connectivity index is 2.06. The second-order valence-corrected chi connectivity index (χ2v) is 3.04. The van der Waals surface area contributed by atoms with Crippen molar-refractivity contribution in [3.05, 3.63) is 5.82 Å². The van der Waals surface area contributed by atoms with Gasteiger partial charge in [0.05, 0.1) is 0 Å². The summed E-state index contributed by atoms with van der Waals surface area (Å²) in [5.41, 5.74) is 5.22. The Bertz CT molecular complexity index is 287. The van der Waals surface area contributed by atoms with Gasteiger partial charge in [0.2, 0.25) is 11.9 Å². The second kappa shape index (κ2) is 2.15. The molecule has 4 nitrogen and oxygen atoms in total. The number of nitrogens with zero attached hydrogens (tertiary/aromatic N) is 2. The van der Waals surface area contributed by atoms with E-state index in [1.807, 2.05) is 0 Å². The molecule has 1 aromatic rings. The fourth-order valence-corrected chi connectivity index (χ4v) is 1.33. The van der Waals surface area contributed by atoms with Gasteiger partial charge in [-0.3, -0.25) is 5.10 Å². The molecule has 66 valence electrons. The van der Waals surface area contributed by atoms with Crippen LogP contribution in [0.4, 0.5) is 14.7 Å². The fraction of sp³-hybridized carbons (Fsp3) is 0.667. The lowest BCUT2D eigenvalue weighted by Crippen LogP contribution is -2.34. The number of H-pyrrole nitrogens is 1. The van der Waals surface area contributed by atoms with Crippen LogP contribution in [0.25, 0.3) is 0 Å². The Labute approximate surface area is 67.2 Å². The first-order chi connectivity index (χ1) is 5.57. The molecule has 1 saturated carbocycles. The van der Waals surface area contributed by atoms with Crippen molar-refractivity contribution in [3.8, 4) is 0 Å². The molecule has 6 heteroatoms. The van der Waals surface area contributed by atoms with E-state index in [1.165, 1.54) is 0 Å². The SMILES string of the molecule is Nc1n[nH]c(C2CC(F)(F)C2)n1. The largest absolute Gasteiger partial charge is 0.367 e. The maximum Gasteiger partial charge on any atom is 0.249 e. The molecule has 0 radical (unpaired) electrons. The summed E-state index contributed by atoms with van der Waals surface area (Å²) in [4.78, 5) is 3.78. The summed E-state index contributed by atoms with van der Waals surface area (Å²) in [5.74, 6) is -2.14. The summed E-state index contributed by atoms with van der Waals surface area (Å²) in [5, 5.41) is 6.09. The normalized spacial score (nSPS) is 22.2. The van der Waals surface area contributed by atoms with Crippen molar-refractivity contribution < 1.29 is 8.78 Å². The summed E-state index contributed by atoms with van der Waals surface area (Å²) in [6.45, 7) is 0. The topological polar surface area (TPSA) is 67.6 Å². The van der Waals surface area contributed by atoms with Gasteiger partial charge < -0.3 is 5.73 Å². The van der Waals surface area contributed by atoms with Gasteiger partial charge >= 0.3 is 0 Å². The lowest BCUT2D eigenvalue weighted by atomic mass is 9.81. The van der Waals surface area contributed by atoms with Crippen LogP contribution in [0.1, 0.15) is 24.6 Å². The minimum absolute atomic E-state index is 0.111. The van der Waals surface area contributed by atoms with Gasteiger partial charge in [0.15, 0.2) is 0 Å². The molecule has 12 heavy (non-hydrogen) atoms. The Kier molecular flexibility index (Phi) is 1.33. The van der Waals surface area contributed by atoms with Crippen molar-refractivity contribution in [2.45, 2.75) is 24.7 Å². The van der Waals surface area contributed by atoms with E-state index in [9.17, 15) is 8.78 Å². The Morgan fingerprint density at radius 1 is 1.50 bits per heavy atom. The average molecular weight is 174 g/mol. The molecular weight excluding hydrogens is 166 g/mol. The van der Waals surface area contributed by atoms with Crippen LogP contribution in [0.3, 0.4) is 0 Å². The Morgan fingerprint density at radius 2 is 2.17 bits per heavy atom. The van der Waals surface area contributed by atoms with E-state index < -0.39 is 5.92 Å². The fourth-order valence-electron chi connectivity index (χ4n) is 1.33. The standard InChI is InChI=1S/C6H8F2N4/c7-6(8)1-3(2-6)4-10-5(9)12-11-4/h3H,1-2H2,(H3,9,10,11,12). The third kappa shape index (κ3) is 1.13. The van der Waals surface area contributed by atoms with Crippen LogP contribution in [-0.2, 0) is 0 Å². The number of nitrogens with one attached hydrogen (secondary N) is 1. The van der Waals surface area contributed by atoms with Gasteiger partial charge in [-0.1, -0.05) is 0 Å². The number of nitrogen functional groups attached to an aromatic ring is 1. The van der Waals surface area contributed by atoms with Gasteiger partial charge in [-0.2, -0.15) is 4.98 Å². The number of alkyl halides is 2. The second-order valence-electron chi connectivity index (χ2n) is 3.04. The molecule has 0 aromatic carbocycles. The summed E-state index contributed by atoms with van der Waals surface area (Å²) < 4.78 is 24.8. The minimum Gasteiger partial charge on any atom is -0.367 e. The van der Waals surface area contributed by atoms with Crippen LogP contribution in [0.5, 0.6) is 0 Å². The number of nitrogens with two attached hydrogens (primary N) is 1. The number of aromatic amines is 1. The third-order valence-corrected chi connectivity index (χ3v) is 2.00. The van der Waals surface area contributed by atoms with Crippen molar-refractivity contribution in [1.82, 2.24) is 15.2 Å². The van der Waals surface area contributed by atoms with Crippen LogP contribution in [0.2, 0.25) is 0 Å². The molecular formula is C6H8F2N4. The van der Waals surface area contributed by atoms with Crippen molar-refractivity contribution in [2.24, 2.45) is 0 Å². The highest BCUT2D eigenvalue weighted by Crippen LogP contribution is 2.47. The molecule has 0 aliphatic heterocycles. The first-order valence-electron chi connectivity index (χ1n) is 3.62. The van der Waals surface area contributed by atoms with Crippen molar-refractivity contribution in [1.29, 1.82) is 0 Å². The van der Waals surface area contributed by atoms with Crippen molar-refractivity contribution >= 4 is 5.95 Å². The van der Waals surface area contributed by atoms with Crippen molar-refractivity contribution in [2.75, 3.05) is 5.73 Å². The van der Waals surface area contributed by atoms with E-state index in [-0.39, 0.29) is 24.7 Å². The zero-order chi connectivity index (χ0) is 8.77. The minimum atomic E-state index is -2.52. The Morgan fingerprint density at radius 3 is 2.58 bits per heavy atom. The van der Waals surface area contributed by atoms with E-state index in [0.717, 1.165) is 0 Å². The molecule has 1 aliphatic carbocycles. The van der Waals surface area contributed by atoms with Gasteiger partial charge in [-0.25, -0.2) is 8.78 Å². The van der Waals surface area contributed by atoms with E-state index >= 15 is 0 Å². The molecule has 0 amide bonds. The number of halogens is 2. The average Bonchev–Trinajstić information content (AvgIpc) is 2.30. The van der Waals surface area contributed by atoms with E-state index in [2.05, 4.69) is 15.2 Å². The maximum atomic E-state index is 12.4. The highest BCUT2D eigenvalue weighted by Gasteiger charge is 2.47. The lowest BCUT2D eigenvalue weighted by Gasteiger charge is -2.32. The first kappa shape index (κ1) is 7.45. The molecule has 0 atom stereocenters. The molecule has 2 rings (SSSR count). The first-order valence-corrected chi connectivity index (χ1v) is 3.62. The van der Waals surface area contributed by atoms with E-state index in [1.54, 1.807) is 0 Å². The molecule has 0 saturated heterocycles. The van der Waals surface area contributed by atoms with Gasteiger partial charge in [0.1, 0.15) is 5.82 Å². The molecule has 1 aromatic heterocycles. The number of aromatic nitrogens is 3. The predicted octanol–water partition coefficient (Wildman–Crippen LogP) is 0.900. The van der Waals surface area contributed by atoms with Gasteiger partial charge in [-0.05, 0) is 0 Å². The predicted molar refractivity (Wildman–Crippen MR) is 37.7 cm³/mol. The quantitative estimate of drug-likeness (QED) is 0.664. The van der Waals surface area contributed by atoms with Crippen LogP contribution in [0.15, 0.2) is 0 Å². The smallest absolute Gasteiger partial charge is 0.249 e. The van der Waals surface area contributed by atoms with E-state index in [4.69, 9.17) is 5.73 Å². The molecule has 0 unspecified atom stereocenters. The summed E-state index contributed by atoms with van der Waals surface area (Å²) in [6.07, 6.45) is -0.302. The number of hydrogen-bond donors (Lipinski definition) is 2. The lowest BCUT2D eigenvalue weighted by molar-refractivity contribution is -0.0884. The monoisotopic (exact) mass is 174 g/mol. The highest BCUT2D eigenvalue weighted by atomic mass is 19.3. The maximum absolute atomic E-state index is 12.4. The number of anilines is 1. The van der Waals surface area contributed by atoms with Crippen LogP contribution >= 0.6 is 0 Å². The molecule has 0 bridgehead atoms. The molecule has 1 fully saturated rings. The van der Waals surface area contributed by atoms with Crippen molar-refractivity contribution in [3.63, 3.8) is 0 Å². The van der Waals surface area contributed by atoms with Gasteiger partial charge in [0, 0.05) is 18.8 Å². The Hall–Kier alpha value is -1.20. The molecule has 1 aliphatic rings. The summed E-state index contributed by atoms with van der Waals surface area (Å²) in [6, 6.07) is 0. The van der Waals surface area contributed by atoms with Gasteiger partial charge in [0.25, 0.3) is 0 Å². The molecule has 3 N–H and O–H groups in total.